The number of aliphatic imine (C=N–C) groups is 1. The maximum Gasteiger partial charge on any atom is 0.196 e. The standard InChI is InChI=1S/C41H33N3O/c1-4-12-30(13-5-1)37-38(31-14-6-2-7-15-31)43-40(44-39(37)32-16-8-3-9-17-32)33-24-20-28(21-25-33)29-22-26-34(27-23-29)41-42-35-18-10-11-19-36(35)45-41/h2-4,6-27,38,41-42H,1,5H2,(H,43,44). The molecule has 0 bridgehead atoms. The van der Waals surface area contributed by atoms with E-state index in [9.17, 15) is 0 Å². The molecule has 0 aromatic heterocycles. The summed E-state index contributed by atoms with van der Waals surface area (Å²) in [5, 5.41) is 7.23. The zero-order chi connectivity index (χ0) is 30.0. The lowest BCUT2D eigenvalue weighted by Gasteiger charge is -2.30. The number of nitrogens with zero attached hydrogens (tertiary/aromatic N) is 1. The summed E-state index contributed by atoms with van der Waals surface area (Å²) in [5.74, 6) is 1.76. The maximum absolute atomic E-state index is 6.11. The molecule has 0 radical (unpaired) electrons. The van der Waals surface area contributed by atoms with E-state index in [-0.39, 0.29) is 12.3 Å². The number of rotatable bonds is 6. The number of hydrogen-bond acceptors (Lipinski definition) is 4. The smallest absolute Gasteiger partial charge is 0.196 e. The number of amidine groups is 1. The highest BCUT2D eigenvalue weighted by atomic mass is 16.5. The molecule has 0 amide bonds. The van der Waals surface area contributed by atoms with Gasteiger partial charge in [0.25, 0.3) is 0 Å². The van der Waals surface area contributed by atoms with Crippen LogP contribution in [0.4, 0.5) is 5.69 Å². The average Bonchev–Trinajstić information content (AvgIpc) is 3.57. The summed E-state index contributed by atoms with van der Waals surface area (Å²) in [5.41, 5.74) is 11.4. The van der Waals surface area contributed by atoms with Crippen LogP contribution in [-0.2, 0) is 0 Å². The van der Waals surface area contributed by atoms with Crippen LogP contribution in [0, 0.1) is 0 Å². The molecular formula is C41H33N3O. The van der Waals surface area contributed by atoms with Crippen molar-refractivity contribution in [3.8, 4) is 16.9 Å². The molecule has 0 saturated carbocycles. The fraction of sp³-hybridized carbons (Fsp3) is 0.0976. The lowest BCUT2D eigenvalue weighted by Crippen LogP contribution is -2.30. The van der Waals surface area contributed by atoms with Crippen molar-refractivity contribution in [2.45, 2.75) is 25.1 Å². The molecule has 2 atom stereocenters. The molecular weight excluding hydrogens is 550 g/mol. The molecule has 2 aliphatic heterocycles. The number of benzene rings is 5. The number of nitrogens with one attached hydrogen (secondary N) is 2. The summed E-state index contributed by atoms with van der Waals surface area (Å²) in [6.45, 7) is 0. The van der Waals surface area contributed by atoms with Crippen molar-refractivity contribution in [3.63, 3.8) is 0 Å². The largest absolute Gasteiger partial charge is 0.464 e. The first-order chi connectivity index (χ1) is 22.3. The Labute approximate surface area is 264 Å². The van der Waals surface area contributed by atoms with Gasteiger partial charge in [-0.25, -0.2) is 0 Å². The van der Waals surface area contributed by atoms with Crippen LogP contribution in [0.5, 0.6) is 5.75 Å². The number of ether oxygens (including phenoxy) is 1. The zero-order valence-electron chi connectivity index (χ0n) is 24.9. The van der Waals surface area contributed by atoms with Crippen molar-refractivity contribution in [3.05, 3.63) is 185 Å². The molecule has 218 valence electrons. The van der Waals surface area contributed by atoms with Gasteiger partial charge in [0.2, 0.25) is 0 Å². The van der Waals surface area contributed by atoms with Gasteiger partial charge in [-0.1, -0.05) is 140 Å². The Morgan fingerprint density at radius 2 is 1.27 bits per heavy atom. The van der Waals surface area contributed by atoms with Crippen LogP contribution in [0.1, 0.15) is 47.4 Å². The Hall–Kier alpha value is -5.61. The second-order valence-electron chi connectivity index (χ2n) is 11.5. The molecule has 1 aliphatic carbocycles. The Bertz CT molecular complexity index is 1930. The molecule has 3 aliphatic rings. The van der Waals surface area contributed by atoms with E-state index in [1.807, 2.05) is 24.3 Å². The van der Waals surface area contributed by atoms with Gasteiger partial charge < -0.3 is 15.4 Å². The molecule has 0 fully saturated rings. The van der Waals surface area contributed by atoms with Gasteiger partial charge in [0.15, 0.2) is 6.23 Å². The summed E-state index contributed by atoms with van der Waals surface area (Å²) >= 11 is 0. The predicted molar refractivity (Wildman–Crippen MR) is 184 cm³/mol. The molecule has 45 heavy (non-hydrogen) atoms. The van der Waals surface area contributed by atoms with E-state index < -0.39 is 0 Å². The topological polar surface area (TPSA) is 45.6 Å². The SMILES string of the molecule is C1=CC(C2=C(c3ccccc3)NC(c3ccc(-c4ccc(C5Nc6ccccc6O5)cc4)cc3)=NC2c2ccccc2)=CCC1. The molecule has 2 N–H and O–H groups in total. The zero-order valence-corrected chi connectivity index (χ0v) is 24.9. The molecule has 4 heteroatoms. The van der Waals surface area contributed by atoms with E-state index >= 15 is 0 Å². The van der Waals surface area contributed by atoms with Gasteiger partial charge in [0.05, 0.1) is 11.4 Å². The Morgan fingerprint density at radius 3 is 1.98 bits per heavy atom. The lowest BCUT2D eigenvalue weighted by molar-refractivity contribution is 0.260. The van der Waals surface area contributed by atoms with Gasteiger partial charge in [0.1, 0.15) is 17.6 Å². The van der Waals surface area contributed by atoms with Crippen LogP contribution in [0.3, 0.4) is 0 Å². The van der Waals surface area contributed by atoms with Gasteiger partial charge in [-0.05, 0) is 52.8 Å². The second kappa shape index (κ2) is 11.8. The highest BCUT2D eigenvalue weighted by Gasteiger charge is 2.29. The van der Waals surface area contributed by atoms with Gasteiger partial charge >= 0.3 is 0 Å². The van der Waals surface area contributed by atoms with Gasteiger partial charge in [0, 0.05) is 16.7 Å². The minimum Gasteiger partial charge on any atom is -0.464 e. The van der Waals surface area contributed by atoms with Crippen molar-refractivity contribution in [1.29, 1.82) is 0 Å². The fourth-order valence-corrected chi connectivity index (χ4v) is 6.33. The predicted octanol–water partition coefficient (Wildman–Crippen LogP) is 9.64. The molecule has 4 nitrogen and oxygen atoms in total. The van der Waals surface area contributed by atoms with Crippen LogP contribution in [-0.4, -0.2) is 5.84 Å². The molecule has 2 unspecified atom stereocenters. The lowest BCUT2D eigenvalue weighted by atomic mass is 9.85. The minimum atomic E-state index is -0.177. The number of fused-ring (bicyclic) bond motifs is 1. The molecule has 0 spiro atoms. The highest BCUT2D eigenvalue weighted by molar-refractivity contribution is 6.06. The van der Waals surface area contributed by atoms with Gasteiger partial charge in [-0.2, -0.15) is 0 Å². The molecule has 5 aromatic rings. The minimum absolute atomic E-state index is 0.128. The summed E-state index contributed by atoms with van der Waals surface area (Å²) in [6.07, 6.45) is 8.81. The van der Waals surface area contributed by atoms with E-state index in [1.165, 1.54) is 16.7 Å². The Morgan fingerprint density at radius 1 is 0.600 bits per heavy atom. The van der Waals surface area contributed by atoms with Crippen LogP contribution in [0.15, 0.2) is 168 Å². The van der Waals surface area contributed by atoms with Crippen LogP contribution >= 0.6 is 0 Å². The number of hydrogen-bond donors (Lipinski definition) is 2. The molecule has 0 saturated heterocycles. The fourth-order valence-electron chi connectivity index (χ4n) is 6.33. The number of allylic oxidation sites excluding steroid dienone is 3. The second-order valence-corrected chi connectivity index (χ2v) is 11.5. The van der Waals surface area contributed by atoms with Gasteiger partial charge in [-0.3, -0.25) is 4.99 Å². The quantitative estimate of drug-likeness (QED) is 0.209. The monoisotopic (exact) mass is 583 g/mol. The Balaban J connectivity index is 1.11. The number of anilines is 1. The van der Waals surface area contributed by atoms with E-state index in [2.05, 4.69) is 138 Å². The molecule has 5 aromatic carbocycles. The van der Waals surface area contributed by atoms with Crippen molar-refractivity contribution in [2.75, 3.05) is 5.32 Å². The third-order valence-electron chi connectivity index (χ3n) is 8.65. The summed E-state index contributed by atoms with van der Waals surface area (Å²) in [4.78, 5) is 5.38. The van der Waals surface area contributed by atoms with Gasteiger partial charge in [-0.15, -0.1) is 0 Å². The first kappa shape index (κ1) is 27.0. The molecule has 2 heterocycles. The van der Waals surface area contributed by atoms with Crippen molar-refractivity contribution < 1.29 is 4.74 Å². The van der Waals surface area contributed by atoms with Crippen LogP contribution in [0.2, 0.25) is 0 Å². The third-order valence-corrected chi connectivity index (χ3v) is 8.65. The Kier molecular flexibility index (Phi) is 7.08. The van der Waals surface area contributed by atoms with E-state index in [0.717, 1.165) is 63.6 Å². The summed E-state index contributed by atoms with van der Waals surface area (Å²) < 4.78 is 6.11. The average molecular weight is 584 g/mol. The third kappa shape index (κ3) is 5.36. The number of para-hydroxylation sites is 2. The maximum atomic E-state index is 6.11. The van der Waals surface area contributed by atoms with Crippen LogP contribution in [0.25, 0.3) is 16.8 Å². The molecule has 8 rings (SSSR count). The summed E-state index contributed by atoms with van der Waals surface area (Å²) in [6, 6.07) is 46.5. The van der Waals surface area contributed by atoms with Crippen LogP contribution < -0.4 is 15.4 Å². The first-order valence-electron chi connectivity index (χ1n) is 15.6. The highest BCUT2D eigenvalue weighted by Crippen LogP contribution is 2.41. The van der Waals surface area contributed by atoms with E-state index in [0.29, 0.717) is 0 Å². The van der Waals surface area contributed by atoms with Crippen molar-refractivity contribution >= 4 is 17.2 Å². The first-order valence-corrected chi connectivity index (χ1v) is 15.6. The summed E-state index contributed by atoms with van der Waals surface area (Å²) in [7, 11) is 0. The van der Waals surface area contributed by atoms with E-state index in [1.54, 1.807) is 0 Å². The normalized spacial score (nSPS) is 18.7. The van der Waals surface area contributed by atoms with E-state index in [4.69, 9.17) is 9.73 Å². The van der Waals surface area contributed by atoms with Crippen molar-refractivity contribution in [2.24, 2.45) is 4.99 Å². The van der Waals surface area contributed by atoms with Crippen molar-refractivity contribution in [1.82, 2.24) is 5.32 Å².